The molecular weight excluding hydrogens is 280 g/mol. The van der Waals surface area contributed by atoms with Gasteiger partial charge in [0, 0.05) is 19.0 Å². The van der Waals surface area contributed by atoms with Gasteiger partial charge in [-0.2, -0.15) is 5.10 Å². The highest BCUT2D eigenvalue weighted by Crippen LogP contribution is 2.23. The molecular formula is C16H26N4O2. The summed E-state index contributed by atoms with van der Waals surface area (Å²) in [6.07, 6.45) is 8.71. The van der Waals surface area contributed by atoms with Crippen LogP contribution in [0.4, 0.5) is 0 Å². The van der Waals surface area contributed by atoms with Gasteiger partial charge < -0.3 is 5.32 Å². The van der Waals surface area contributed by atoms with Crippen molar-refractivity contribution in [1.82, 2.24) is 19.7 Å². The predicted molar refractivity (Wildman–Crippen MR) is 83.6 cm³/mol. The zero-order valence-corrected chi connectivity index (χ0v) is 13.4. The topological polar surface area (TPSA) is 68.9 Å². The Morgan fingerprint density at radius 1 is 1.23 bits per heavy atom. The van der Waals surface area contributed by atoms with Gasteiger partial charge in [-0.25, -0.2) is 9.48 Å². The first-order valence-electron chi connectivity index (χ1n) is 8.61. The average Bonchev–Trinajstić information content (AvgIpc) is 2.67. The molecule has 0 aromatic carbocycles. The molecule has 1 aliphatic heterocycles. The number of aromatic nitrogens is 3. The van der Waals surface area contributed by atoms with Gasteiger partial charge in [-0.1, -0.05) is 26.2 Å². The SMILES string of the molecule is CC1CCCCC1NC(=O)Cn1nc2n(c1=O)CCCCC2. The number of nitrogens with zero attached hydrogens (tertiary/aromatic N) is 3. The first-order chi connectivity index (χ1) is 10.6. The van der Waals surface area contributed by atoms with Gasteiger partial charge in [0.05, 0.1) is 0 Å². The maximum Gasteiger partial charge on any atom is 0.346 e. The number of carbonyl (C=O) groups excluding carboxylic acids is 1. The lowest BCUT2D eigenvalue weighted by atomic mass is 9.86. The Kier molecular flexibility index (Phi) is 4.64. The van der Waals surface area contributed by atoms with Crippen LogP contribution in [0.3, 0.4) is 0 Å². The molecule has 6 heteroatoms. The minimum Gasteiger partial charge on any atom is -0.351 e. The Balaban J connectivity index is 1.65. The number of hydrogen-bond donors (Lipinski definition) is 1. The summed E-state index contributed by atoms with van der Waals surface area (Å²) >= 11 is 0. The molecule has 2 heterocycles. The van der Waals surface area contributed by atoms with E-state index in [1.807, 2.05) is 0 Å². The van der Waals surface area contributed by atoms with Gasteiger partial charge in [0.15, 0.2) is 0 Å². The van der Waals surface area contributed by atoms with E-state index in [-0.39, 0.29) is 24.2 Å². The average molecular weight is 306 g/mol. The van der Waals surface area contributed by atoms with E-state index in [0.717, 1.165) is 44.5 Å². The van der Waals surface area contributed by atoms with Crippen molar-refractivity contribution in [2.75, 3.05) is 0 Å². The van der Waals surface area contributed by atoms with Crippen LogP contribution in [0, 0.1) is 5.92 Å². The molecule has 22 heavy (non-hydrogen) atoms. The van der Waals surface area contributed by atoms with Crippen molar-refractivity contribution >= 4 is 5.91 Å². The maximum absolute atomic E-state index is 12.3. The highest BCUT2D eigenvalue weighted by molar-refractivity contribution is 5.75. The van der Waals surface area contributed by atoms with E-state index in [4.69, 9.17) is 0 Å². The van der Waals surface area contributed by atoms with Crippen LogP contribution in [0.2, 0.25) is 0 Å². The van der Waals surface area contributed by atoms with Crippen molar-refractivity contribution in [2.24, 2.45) is 5.92 Å². The van der Waals surface area contributed by atoms with Crippen molar-refractivity contribution in [2.45, 2.75) is 77.4 Å². The van der Waals surface area contributed by atoms with Crippen molar-refractivity contribution in [3.05, 3.63) is 16.3 Å². The van der Waals surface area contributed by atoms with Gasteiger partial charge in [0.25, 0.3) is 0 Å². The molecule has 1 amide bonds. The van der Waals surface area contributed by atoms with Crippen LogP contribution in [0.1, 0.15) is 57.7 Å². The van der Waals surface area contributed by atoms with Crippen LogP contribution in [0.5, 0.6) is 0 Å². The lowest BCUT2D eigenvalue weighted by Gasteiger charge is -2.29. The number of nitrogens with one attached hydrogen (secondary N) is 1. The summed E-state index contributed by atoms with van der Waals surface area (Å²) in [6.45, 7) is 2.96. The zero-order chi connectivity index (χ0) is 15.5. The van der Waals surface area contributed by atoms with E-state index in [9.17, 15) is 9.59 Å². The van der Waals surface area contributed by atoms with E-state index in [0.29, 0.717) is 5.92 Å². The minimum atomic E-state index is -0.135. The molecule has 0 bridgehead atoms. The van der Waals surface area contributed by atoms with Crippen molar-refractivity contribution < 1.29 is 4.79 Å². The molecule has 122 valence electrons. The Morgan fingerprint density at radius 3 is 2.86 bits per heavy atom. The Hall–Kier alpha value is -1.59. The number of fused-ring (bicyclic) bond motifs is 1. The van der Waals surface area contributed by atoms with Crippen LogP contribution in [-0.2, 0) is 24.3 Å². The monoisotopic (exact) mass is 306 g/mol. The van der Waals surface area contributed by atoms with Crippen LogP contribution >= 0.6 is 0 Å². The summed E-state index contributed by atoms with van der Waals surface area (Å²) in [7, 11) is 0. The molecule has 3 rings (SSSR count). The smallest absolute Gasteiger partial charge is 0.346 e. The van der Waals surface area contributed by atoms with Crippen LogP contribution in [-0.4, -0.2) is 26.3 Å². The van der Waals surface area contributed by atoms with Crippen LogP contribution < -0.4 is 11.0 Å². The second-order valence-corrected chi connectivity index (χ2v) is 6.75. The largest absolute Gasteiger partial charge is 0.351 e. The van der Waals surface area contributed by atoms with E-state index in [2.05, 4.69) is 17.3 Å². The molecule has 0 radical (unpaired) electrons. The van der Waals surface area contributed by atoms with E-state index < -0.39 is 0 Å². The third-order valence-electron chi connectivity index (χ3n) is 5.03. The number of amides is 1. The molecule has 6 nitrogen and oxygen atoms in total. The standard InChI is InChI=1S/C16H26N4O2/c1-12-7-4-5-8-13(12)17-15(21)11-20-16(22)19-10-6-2-3-9-14(19)18-20/h12-13H,2-11H2,1H3,(H,17,21). The Bertz CT molecular complexity index is 589. The first kappa shape index (κ1) is 15.3. The van der Waals surface area contributed by atoms with Crippen LogP contribution in [0.15, 0.2) is 4.79 Å². The van der Waals surface area contributed by atoms with E-state index in [1.165, 1.54) is 23.9 Å². The third-order valence-corrected chi connectivity index (χ3v) is 5.03. The highest BCUT2D eigenvalue weighted by atomic mass is 16.2. The predicted octanol–water partition coefficient (Wildman–Crippen LogP) is 1.47. The second kappa shape index (κ2) is 6.67. The molecule has 1 fully saturated rings. The summed E-state index contributed by atoms with van der Waals surface area (Å²) in [5, 5.41) is 7.46. The second-order valence-electron chi connectivity index (χ2n) is 6.75. The molecule has 1 aromatic heterocycles. The normalized spacial score (nSPS) is 25.3. The molecule has 1 saturated carbocycles. The molecule has 2 aliphatic rings. The molecule has 0 spiro atoms. The number of aryl methyl sites for hydroxylation is 1. The summed E-state index contributed by atoms with van der Waals surface area (Å²) in [5.41, 5.74) is -0.135. The molecule has 2 unspecified atom stereocenters. The van der Waals surface area contributed by atoms with Crippen LogP contribution in [0.25, 0.3) is 0 Å². The third kappa shape index (κ3) is 3.25. The van der Waals surface area contributed by atoms with Gasteiger partial charge >= 0.3 is 5.69 Å². The first-order valence-corrected chi connectivity index (χ1v) is 8.61. The highest BCUT2D eigenvalue weighted by Gasteiger charge is 2.24. The Morgan fingerprint density at radius 2 is 2.05 bits per heavy atom. The maximum atomic E-state index is 12.3. The fraction of sp³-hybridized carbons (Fsp3) is 0.812. The Labute approximate surface area is 130 Å². The number of rotatable bonds is 3. The number of carbonyl (C=O) groups is 1. The molecule has 1 N–H and O–H groups in total. The summed E-state index contributed by atoms with van der Waals surface area (Å²) < 4.78 is 3.08. The summed E-state index contributed by atoms with van der Waals surface area (Å²) in [6, 6.07) is 0.248. The van der Waals surface area contributed by atoms with Gasteiger partial charge in [-0.05, 0) is 31.6 Å². The molecule has 2 atom stereocenters. The van der Waals surface area contributed by atoms with Crippen molar-refractivity contribution in [1.29, 1.82) is 0 Å². The van der Waals surface area contributed by atoms with Gasteiger partial charge in [-0.3, -0.25) is 9.36 Å². The fourth-order valence-corrected chi connectivity index (χ4v) is 3.65. The van der Waals surface area contributed by atoms with E-state index in [1.54, 1.807) is 4.57 Å². The van der Waals surface area contributed by atoms with Gasteiger partial charge in [0.2, 0.25) is 5.91 Å². The van der Waals surface area contributed by atoms with E-state index >= 15 is 0 Å². The molecule has 1 aromatic rings. The lowest BCUT2D eigenvalue weighted by Crippen LogP contribution is -2.43. The van der Waals surface area contributed by atoms with Gasteiger partial charge in [-0.15, -0.1) is 0 Å². The van der Waals surface area contributed by atoms with Gasteiger partial charge in [0.1, 0.15) is 12.4 Å². The minimum absolute atomic E-state index is 0.0437. The molecule has 1 aliphatic carbocycles. The quantitative estimate of drug-likeness (QED) is 0.919. The summed E-state index contributed by atoms with van der Waals surface area (Å²) in [5.74, 6) is 1.27. The zero-order valence-electron chi connectivity index (χ0n) is 13.4. The molecule has 0 saturated heterocycles. The summed E-state index contributed by atoms with van der Waals surface area (Å²) in [4.78, 5) is 24.6. The van der Waals surface area contributed by atoms with Crippen molar-refractivity contribution in [3.63, 3.8) is 0 Å². The lowest BCUT2D eigenvalue weighted by molar-refractivity contribution is -0.123. The number of hydrogen-bond acceptors (Lipinski definition) is 3. The van der Waals surface area contributed by atoms with Crippen molar-refractivity contribution in [3.8, 4) is 0 Å². The fourth-order valence-electron chi connectivity index (χ4n) is 3.65.